The highest BCUT2D eigenvalue weighted by molar-refractivity contribution is 5.96. The molecule has 19 heavy (non-hydrogen) atoms. The molecule has 2 saturated carbocycles. The van der Waals surface area contributed by atoms with E-state index in [2.05, 4.69) is 25.8 Å². The number of nitrogens with zero attached hydrogens (tertiary/aromatic N) is 1. The van der Waals surface area contributed by atoms with E-state index in [0.717, 1.165) is 18.4 Å². The standard InChI is InChI=1S/C17H21NO/c1-16(2)13-9-10-17(16,3)15(19)14(13)18-11-12-7-5-4-6-8-12/h4-8,11,13-14H,9-10H2,1-3H3. The van der Waals surface area contributed by atoms with Crippen LogP contribution in [0.2, 0.25) is 0 Å². The van der Waals surface area contributed by atoms with Crippen LogP contribution in [0.15, 0.2) is 35.3 Å². The average Bonchev–Trinajstić information content (AvgIpc) is 2.70. The third kappa shape index (κ3) is 1.62. The van der Waals surface area contributed by atoms with Gasteiger partial charge in [-0.25, -0.2) is 0 Å². The maximum atomic E-state index is 12.6. The van der Waals surface area contributed by atoms with Crippen LogP contribution in [-0.2, 0) is 4.79 Å². The lowest BCUT2D eigenvalue weighted by Gasteiger charge is -2.31. The van der Waals surface area contributed by atoms with E-state index < -0.39 is 0 Å². The third-order valence-corrected chi connectivity index (χ3v) is 5.68. The van der Waals surface area contributed by atoms with Crippen molar-refractivity contribution in [2.45, 2.75) is 39.7 Å². The molecular weight excluding hydrogens is 234 g/mol. The van der Waals surface area contributed by atoms with Gasteiger partial charge in [-0.1, -0.05) is 51.1 Å². The van der Waals surface area contributed by atoms with Crippen LogP contribution >= 0.6 is 0 Å². The molecule has 2 heteroatoms. The van der Waals surface area contributed by atoms with Gasteiger partial charge in [0.2, 0.25) is 0 Å². The minimum Gasteiger partial charge on any atom is -0.297 e. The number of carbonyl (C=O) groups excluding carboxylic acids is 1. The molecule has 1 aromatic carbocycles. The lowest BCUT2D eigenvalue weighted by atomic mass is 9.70. The first-order valence-electron chi connectivity index (χ1n) is 7.09. The SMILES string of the molecule is CC12CCC(C(N=Cc3ccccc3)C1=O)C2(C)C. The van der Waals surface area contributed by atoms with E-state index in [1.165, 1.54) is 0 Å². The fourth-order valence-corrected chi connectivity index (χ4v) is 3.92. The molecule has 0 saturated heterocycles. The van der Waals surface area contributed by atoms with Gasteiger partial charge < -0.3 is 0 Å². The smallest absolute Gasteiger partial charge is 0.163 e. The zero-order valence-corrected chi connectivity index (χ0v) is 11.9. The van der Waals surface area contributed by atoms with Crippen LogP contribution in [0, 0.1) is 16.7 Å². The highest BCUT2D eigenvalue weighted by atomic mass is 16.1. The summed E-state index contributed by atoms with van der Waals surface area (Å²) in [5.74, 6) is 0.755. The fraction of sp³-hybridized carbons (Fsp3) is 0.529. The van der Waals surface area contributed by atoms with E-state index in [0.29, 0.717) is 11.7 Å². The molecule has 3 rings (SSSR count). The van der Waals surface area contributed by atoms with Crippen molar-refractivity contribution in [3.05, 3.63) is 35.9 Å². The van der Waals surface area contributed by atoms with E-state index in [1.54, 1.807) is 0 Å². The van der Waals surface area contributed by atoms with Gasteiger partial charge in [-0.15, -0.1) is 0 Å². The molecule has 2 bridgehead atoms. The second kappa shape index (κ2) is 4.03. The summed E-state index contributed by atoms with van der Waals surface area (Å²) in [6, 6.07) is 9.89. The number of fused-ring (bicyclic) bond motifs is 2. The first-order valence-corrected chi connectivity index (χ1v) is 7.09. The average molecular weight is 255 g/mol. The Hall–Kier alpha value is -1.44. The minimum atomic E-state index is -0.170. The molecule has 2 nitrogen and oxygen atoms in total. The number of carbonyl (C=O) groups is 1. The van der Waals surface area contributed by atoms with Crippen molar-refractivity contribution in [1.82, 2.24) is 0 Å². The van der Waals surface area contributed by atoms with Crippen LogP contribution in [0.25, 0.3) is 0 Å². The molecule has 0 amide bonds. The molecule has 0 heterocycles. The summed E-state index contributed by atoms with van der Waals surface area (Å²) in [4.78, 5) is 17.2. The maximum Gasteiger partial charge on any atom is 0.163 e. The zero-order chi connectivity index (χ0) is 13.7. The van der Waals surface area contributed by atoms with E-state index >= 15 is 0 Å². The van der Waals surface area contributed by atoms with Gasteiger partial charge in [0.25, 0.3) is 0 Å². The lowest BCUT2D eigenvalue weighted by Crippen LogP contribution is -2.34. The molecule has 100 valence electrons. The summed E-state index contributed by atoms with van der Waals surface area (Å²) in [7, 11) is 0. The fourth-order valence-electron chi connectivity index (χ4n) is 3.92. The van der Waals surface area contributed by atoms with Crippen molar-refractivity contribution in [2.24, 2.45) is 21.7 Å². The van der Waals surface area contributed by atoms with Crippen molar-refractivity contribution in [3.63, 3.8) is 0 Å². The molecular formula is C17H21NO. The van der Waals surface area contributed by atoms with Crippen molar-refractivity contribution < 1.29 is 4.79 Å². The number of benzene rings is 1. The summed E-state index contributed by atoms with van der Waals surface area (Å²) >= 11 is 0. The second-order valence-electron chi connectivity index (χ2n) is 6.70. The predicted octanol–water partition coefficient (Wildman–Crippen LogP) is 3.50. The molecule has 0 aromatic heterocycles. The number of rotatable bonds is 2. The normalized spacial score (nSPS) is 36.3. The molecule has 0 radical (unpaired) electrons. The molecule has 2 fully saturated rings. The molecule has 2 aliphatic rings. The number of Topliss-reactive ketones (excluding diaryl/α,β-unsaturated/α-hetero) is 1. The van der Waals surface area contributed by atoms with E-state index in [9.17, 15) is 4.79 Å². The Morgan fingerprint density at radius 2 is 1.89 bits per heavy atom. The van der Waals surface area contributed by atoms with Crippen LogP contribution < -0.4 is 0 Å². The number of hydrogen-bond donors (Lipinski definition) is 0. The molecule has 0 N–H and O–H groups in total. The Kier molecular flexibility index (Phi) is 2.67. The Bertz CT molecular complexity index is 531. The Labute approximate surface area is 114 Å². The van der Waals surface area contributed by atoms with Gasteiger partial charge in [-0.2, -0.15) is 0 Å². The van der Waals surface area contributed by atoms with Crippen molar-refractivity contribution in [2.75, 3.05) is 0 Å². The Morgan fingerprint density at radius 1 is 1.21 bits per heavy atom. The van der Waals surface area contributed by atoms with Gasteiger partial charge in [-0.3, -0.25) is 9.79 Å². The van der Waals surface area contributed by atoms with Crippen molar-refractivity contribution >= 4 is 12.0 Å². The molecule has 0 spiro atoms. The van der Waals surface area contributed by atoms with Gasteiger partial charge in [0, 0.05) is 11.6 Å². The van der Waals surface area contributed by atoms with E-state index in [-0.39, 0.29) is 16.9 Å². The maximum absolute atomic E-state index is 12.6. The first kappa shape index (κ1) is 12.6. The van der Waals surface area contributed by atoms with E-state index in [1.807, 2.05) is 36.5 Å². The summed E-state index contributed by atoms with van der Waals surface area (Å²) in [5, 5.41) is 0. The Balaban J connectivity index is 1.88. The highest BCUT2D eigenvalue weighted by Crippen LogP contribution is 2.64. The van der Waals surface area contributed by atoms with Gasteiger partial charge in [0.1, 0.15) is 6.04 Å². The molecule has 3 unspecified atom stereocenters. The van der Waals surface area contributed by atoms with Crippen LogP contribution in [0.3, 0.4) is 0 Å². The highest BCUT2D eigenvalue weighted by Gasteiger charge is 2.66. The molecule has 3 atom stereocenters. The van der Waals surface area contributed by atoms with Crippen LogP contribution in [0.5, 0.6) is 0 Å². The van der Waals surface area contributed by atoms with Crippen molar-refractivity contribution in [3.8, 4) is 0 Å². The molecule has 2 aliphatic carbocycles. The summed E-state index contributed by atoms with van der Waals surface area (Å²) < 4.78 is 0. The third-order valence-electron chi connectivity index (χ3n) is 5.68. The predicted molar refractivity (Wildman–Crippen MR) is 77.4 cm³/mol. The van der Waals surface area contributed by atoms with Gasteiger partial charge in [-0.05, 0) is 29.7 Å². The number of aliphatic imine (C=N–C) groups is 1. The van der Waals surface area contributed by atoms with Gasteiger partial charge in [0.05, 0.1) is 0 Å². The first-order chi connectivity index (χ1) is 8.97. The summed E-state index contributed by atoms with van der Waals surface area (Å²) in [6.07, 6.45) is 4.02. The quantitative estimate of drug-likeness (QED) is 0.744. The lowest BCUT2D eigenvalue weighted by molar-refractivity contribution is -0.129. The van der Waals surface area contributed by atoms with Gasteiger partial charge >= 0.3 is 0 Å². The topological polar surface area (TPSA) is 29.4 Å². The molecule has 0 aliphatic heterocycles. The number of ketones is 1. The second-order valence-corrected chi connectivity index (χ2v) is 6.70. The van der Waals surface area contributed by atoms with Crippen molar-refractivity contribution in [1.29, 1.82) is 0 Å². The van der Waals surface area contributed by atoms with E-state index in [4.69, 9.17) is 0 Å². The zero-order valence-electron chi connectivity index (χ0n) is 11.9. The minimum absolute atomic E-state index is 0.0861. The molecule has 1 aromatic rings. The van der Waals surface area contributed by atoms with Crippen LogP contribution in [0.1, 0.15) is 39.2 Å². The number of hydrogen-bond acceptors (Lipinski definition) is 2. The summed E-state index contributed by atoms with van der Waals surface area (Å²) in [6.45, 7) is 6.61. The monoisotopic (exact) mass is 255 g/mol. The largest absolute Gasteiger partial charge is 0.297 e. The van der Waals surface area contributed by atoms with Crippen LogP contribution in [0.4, 0.5) is 0 Å². The summed E-state index contributed by atoms with van der Waals surface area (Å²) in [5.41, 5.74) is 0.986. The Morgan fingerprint density at radius 3 is 2.47 bits per heavy atom. The van der Waals surface area contributed by atoms with Gasteiger partial charge in [0.15, 0.2) is 5.78 Å². The van der Waals surface area contributed by atoms with Crippen LogP contribution in [-0.4, -0.2) is 18.0 Å².